The van der Waals surface area contributed by atoms with Gasteiger partial charge in [0.25, 0.3) is 0 Å². The summed E-state index contributed by atoms with van der Waals surface area (Å²) in [5.74, 6) is 5.98. The molecule has 0 bridgehead atoms. The molecule has 0 spiro atoms. The van der Waals surface area contributed by atoms with Crippen molar-refractivity contribution in [3.63, 3.8) is 0 Å². The first-order valence-corrected chi connectivity index (χ1v) is 4.81. The molecule has 1 heterocycles. The predicted octanol–water partition coefficient (Wildman–Crippen LogP) is 0.962. The summed E-state index contributed by atoms with van der Waals surface area (Å²) in [4.78, 5) is 0. The average molecular weight is 155 g/mol. The van der Waals surface area contributed by atoms with Crippen LogP contribution in [0.1, 0.15) is 6.42 Å². The van der Waals surface area contributed by atoms with Crippen LogP contribution in [0.3, 0.4) is 0 Å². The highest BCUT2D eigenvalue weighted by Gasteiger charge is 2.15. The average Bonchev–Trinajstić information content (AvgIpc) is 1.84. The molecule has 10 heavy (non-hydrogen) atoms. The van der Waals surface area contributed by atoms with Crippen LogP contribution in [-0.2, 0) is 0 Å². The van der Waals surface area contributed by atoms with Gasteiger partial charge in [-0.05, 0) is 24.8 Å². The van der Waals surface area contributed by atoms with E-state index in [2.05, 4.69) is 11.2 Å². The highest BCUT2D eigenvalue weighted by Crippen LogP contribution is 2.12. The molecule has 1 aliphatic heterocycles. The van der Waals surface area contributed by atoms with Crippen LogP contribution in [0, 0.1) is 18.3 Å². The van der Waals surface area contributed by atoms with Gasteiger partial charge in [0.2, 0.25) is 0 Å². The number of hydrogen-bond donors (Lipinski definition) is 1. The first kappa shape index (κ1) is 7.97. The third kappa shape index (κ3) is 2.64. The van der Waals surface area contributed by atoms with Gasteiger partial charge in [0, 0.05) is 12.2 Å². The van der Waals surface area contributed by atoms with Gasteiger partial charge < -0.3 is 5.32 Å². The molecular weight excluding hydrogens is 142 g/mol. The van der Waals surface area contributed by atoms with Gasteiger partial charge in [-0.2, -0.15) is 11.8 Å². The molecule has 0 saturated carbocycles. The van der Waals surface area contributed by atoms with Crippen molar-refractivity contribution in [3.8, 4) is 12.3 Å². The van der Waals surface area contributed by atoms with Gasteiger partial charge in [-0.1, -0.05) is 0 Å². The van der Waals surface area contributed by atoms with Crippen LogP contribution >= 0.6 is 11.8 Å². The van der Waals surface area contributed by atoms with E-state index in [1.165, 1.54) is 18.8 Å². The quantitative estimate of drug-likeness (QED) is 0.479. The Morgan fingerprint density at radius 1 is 1.60 bits per heavy atom. The van der Waals surface area contributed by atoms with E-state index in [4.69, 9.17) is 6.42 Å². The van der Waals surface area contributed by atoms with Crippen LogP contribution in [0.5, 0.6) is 0 Å². The monoisotopic (exact) mass is 155 g/mol. The van der Waals surface area contributed by atoms with Crippen LogP contribution < -0.4 is 5.32 Å². The molecule has 1 aliphatic rings. The van der Waals surface area contributed by atoms with Crippen molar-refractivity contribution in [1.82, 2.24) is 5.32 Å². The van der Waals surface area contributed by atoms with Crippen molar-refractivity contribution in [1.29, 1.82) is 0 Å². The summed E-state index contributed by atoms with van der Waals surface area (Å²) in [7, 11) is 0. The minimum absolute atomic E-state index is 0.919. The highest BCUT2D eigenvalue weighted by atomic mass is 32.2. The molecule has 0 radical (unpaired) electrons. The van der Waals surface area contributed by atoms with E-state index in [1.54, 1.807) is 0 Å². The Morgan fingerprint density at radius 3 is 2.90 bits per heavy atom. The zero-order valence-electron chi connectivity index (χ0n) is 6.10. The lowest BCUT2D eigenvalue weighted by molar-refractivity contribution is 0.385. The fourth-order valence-corrected chi connectivity index (χ4v) is 1.85. The van der Waals surface area contributed by atoms with E-state index in [9.17, 15) is 0 Å². The molecule has 0 aliphatic carbocycles. The Hall–Kier alpha value is -0.130. The van der Waals surface area contributed by atoms with E-state index in [-0.39, 0.29) is 0 Å². The molecule has 0 aromatic carbocycles. The van der Waals surface area contributed by atoms with E-state index in [0.717, 1.165) is 18.1 Å². The molecule has 0 unspecified atom stereocenters. The molecule has 1 nitrogen and oxygen atoms in total. The molecule has 1 saturated heterocycles. The molecule has 0 amide bonds. The fraction of sp³-hybridized carbons (Fsp3) is 0.750. The van der Waals surface area contributed by atoms with Gasteiger partial charge in [-0.3, -0.25) is 0 Å². The van der Waals surface area contributed by atoms with Crippen LogP contribution in [0.2, 0.25) is 0 Å². The van der Waals surface area contributed by atoms with E-state index >= 15 is 0 Å². The van der Waals surface area contributed by atoms with Crippen molar-refractivity contribution in [3.05, 3.63) is 0 Å². The van der Waals surface area contributed by atoms with Gasteiger partial charge in [-0.15, -0.1) is 12.3 Å². The normalized spacial score (nSPS) is 17.9. The lowest BCUT2D eigenvalue weighted by Gasteiger charge is -2.26. The third-order valence-electron chi connectivity index (χ3n) is 1.61. The number of rotatable bonds is 4. The first-order valence-electron chi connectivity index (χ1n) is 3.65. The Morgan fingerprint density at radius 2 is 2.40 bits per heavy atom. The van der Waals surface area contributed by atoms with Gasteiger partial charge in [0.15, 0.2) is 0 Å². The Kier molecular flexibility index (Phi) is 3.71. The summed E-state index contributed by atoms with van der Waals surface area (Å²) < 4.78 is 0. The molecule has 1 fully saturated rings. The van der Waals surface area contributed by atoms with E-state index < -0.39 is 0 Å². The van der Waals surface area contributed by atoms with Crippen molar-refractivity contribution in [2.75, 3.05) is 24.6 Å². The molecular formula is C8H13NS. The molecule has 2 heteroatoms. The topological polar surface area (TPSA) is 12.0 Å². The van der Waals surface area contributed by atoms with E-state index in [0.29, 0.717) is 0 Å². The number of thioether (sulfide) groups is 1. The predicted molar refractivity (Wildman–Crippen MR) is 47.1 cm³/mol. The maximum atomic E-state index is 5.12. The standard InChI is InChI=1S/C8H13NS/c1-2-3-4-10-7-8-5-9-6-8/h1,8-9H,3-7H2. The molecule has 0 aromatic rings. The summed E-state index contributed by atoms with van der Waals surface area (Å²) in [6.07, 6.45) is 6.04. The van der Waals surface area contributed by atoms with Crippen molar-refractivity contribution >= 4 is 11.8 Å². The minimum atomic E-state index is 0.919. The number of nitrogens with one attached hydrogen (secondary N) is 1. The van der Waals surface area contributed by atoms with E-state index in [1.807, 2.05) is 11.8 Å². The van der Waals surface area contributed by atoms with Crippen LogP contribution in [0.4, 0.5) is 0 Å². The Labute approximate surface area is 67.0 Å². The summed E-state index contributed by atoms with van der Waals surface area (Å²) in [6, 6.07) is 0. The van der Waals surface area contributed by atoms with Crippen molar-refractivity contribution in [2.24, 2.45) is 5.92 Å². The Bertz CT molecular complexity index is 124. The second-order valence-electron chi connectivity index (χ2n) is 2.55. The lowest BCUT2D eigenvalue weighted by Crippen LogP contribution is -2.43. The molecule has 0 atom stereocenters. The molecule has 1 rings (SSSR count). The zero-order valence-corrected chi connectivity index (χ0v) is 6.91. The van der Waals surface area contributed by atoms with Gasteiger partial charge >= 0.3 is 0 Å². The summed E-state index contributed by atoms with van der Waals surface area (Å²) in [6.45, 7) is 2.42. The molecule has 1 N–H and O–H groups in total. The first-order chi connectivity index (χ1) is 4.93. The second kappa shape index (κ2) is 4.65. The van der Waals surface area contributed by atoms with Crippen LogP contribution in [-0.4, -0.2) is 24.6 Å². The zero-order chi connectivity index (χ0) is 7.23. The van der Waals surface area contributed by atoms with Crippen LogP contribution in [0.25, 0.3) is 0 Å². The van der Waals surface area contributed by atoms with Gasteiger partial charge in [0.1, 0.15) is 0 Å². The summed E-state index contributed by atoms with van der Waals surface area (Å²) in [5.41, 5.74) is 0. The second-order valence-corrected chi connectivity index (χ2v) is 3.70. The van der Waals surface area contributed by atoms with Crippen LogP contribution in [0.15, 0.2) is 0 Å². The summed E-state index contributed by atoms with van der Waals surface area (Å²) in [5, 5.41) is 3.25. The van der Waals surface area contributed by atoms with Gasteiger partial charge in [0.05, 0.1) is 0 Å². The number of hydrogen-bond acceptors (Lipinski definition) is 2. The maximum absolute atomic E-state index is 5.12. The highest BCUT2D eigenvalue weighted by molar-refractivity contribution is 7.99. The smallest absolute Gasteiger partial charge is 0.0177 e. The SMILES string of the molecule is C#CCCSCC1CNC1. The number of terminal acetylenes is 1. The Balaban J connectivity index is 1.81. The summed E-state index contributed by atoms with van der Waals surface area (Å²) >= 11 is 1.98. The van der Waals surface area contributed by atoms with Gasteiger partial charge in [-0.25, -0.2) is 0 Å². The van der Waals surface area contributed by atoms with Crippen molar-refractivity contribution in [2.45, 2.75) is 6.42 Å². The molecule has 56 valence electrons. The fourth-order valence-electron chi connectivity index (χ4n) is 0.847. The third-order valence-corrected chi connectivity index (χ3v) is 2.81. The lowest BCUT2D eigenvalue weighted by atomic mass is 10.1. The molecule has 0 aromatic heterocycles. The van der Waals surface area contributed by atoms with Crippen molar-refractivity contribution < 1.29 is 0 Å². The maximum Gasteiger partial charge on any atom is 0.0177 e. The largest absolute Gasteiger partial charge is 0.316 e. The minimum Gasteiger partial charge on any atom is -0.316 e.